The van der Waals surface area contributed by atoms with E-state index in [-0.39, 0.29) is 31.5 Å². The molecule has 2 aromatic rings. The quantitative estimate of drug-likeness (QED) is 0.405. The summed E-state index contributed by atoms with van der Waals surface area (Å²) in [6.45, 7) is 9.79. The molecule has 1 amide bonds. The van der Waals surface area contributed by atoms with Gasteiger partial charge in [-0.25, -0.2) is 4.79 Å². The van der Waals surface area contributed by atoms with Crippen molar-refractivity contribution in [1.29, 1.82) is 0 Å². The van der Waals surface area contributed by atoms with E-state index in [1.807, 2.05) is 43.0 Å². The highest BCUT2D eigenvalue weighted by molar-refractivity contribution is 8.00. The van der Waals surface area contributed by atoms with Crippen LogP contribution in [0.2, 0.25) is 0 Å². The number of thioether (sulfide) groups is 1. The SMILES string of the molecule is CC(C)(C)OC(=O)CC[C@@H](CN1[C@H](C(=O)O)CSC1(C)C)NC(=O)OCC1c2ccccc2-c2ccccc21. The molecule has 39 heavy (non-hydrogen) atoms. The third-order valence-corrected chi connectivity index (χ3v) is 8.57. The van der Waals surface area contributed by atoms with Crippen LogP contribution in [0.15, 0.2) is 48.5 Å². The average Bonchev–Trinajstić information content (AvgIpc) is 3.34. The van der Waals surface area contributed by atoms with E-state index in [4.69, 9.17) is 9.47 Å². The van der Waals surface area contributed by atoms with E-state index in [1.165, 1.54) is 0 Å². The second kappa shape index (κ2) is 11.6. The third kappa shape index (κ3) is 6.94. The smallest absolute Gasteiger partial charge is 0.407 e. The molecule has 9 heteroatoms. The fourth-order valence-electron chi connectivity index (χ4n) is 5.32. The van der Waals surface area contributed by atoms with Gasteiger partial charge in [-0.3, -0.25) is 14.5 Å². The Hall–Kier alpha value is -3.04. The van der Waals surface area contributed by atoms with E-state index in [2.05, 4.69) is 29.6 Å². The number of fused-ring (bicyclic) bond motifs is 3. The molecule has 2 aliphatic rings. The van der Waals surface area contributed by atoms with E-state index in [0.29, 0.717) is 12.2 Å². The molecule has 8 nitrogen and oxygen atoms in total. The van der Waals surface area contributed by atoms with Gasteiger partial charge in [-0.1, -0.05) is 48.5 Å². The molecule has 2 atom stereocenters. The molecule has 0 bridgehead atoms. The summed E-state index contributed by atoms with van der Waals surface area (Å²) in [7, 11) is 0. The number of hydrogen-bond donors (Lipinski definition) is 2. The van der Waals surface area contributed by atoms with Crippen LogP contribution >= 0.6 is 11.8 Å². The van der Waals surface area contributed by atoms with Gasteiger partial charge in [0, 0.05) is 30.7 Å². The molecule has 2 N–H and O–H groups in total. The molecular formula is C30H38N2O6S. The zero-order valence-electron chi connectivity index (χ0n) is 23.2. The summed E-state index contributed by atoms with van der Waals surface area (Å²) in [6, 6.07) is 15.1. The summed E-state index contributed by atoms with van der Waals surface area (Å²) < 4.78 is 11.2. The Labute approximate surface area is 234 Å². The maximum atomic E-state index is 13.1. The van der Waals surface area contributed by atoms with Gasteiger partial charge in [-0.15, -0.1) is 11.8 Å². The Bertz CT molecular complexity index is 1180. The Kier molecular flexibility index (Phi) is 8.61. The molecule has 1 heterocycles. The number of hydrogen-bond acceptors (Lipinski definition) is 7. The lowest BCUT2D eigenvalue weighted by molar-refractivity contribution is -0.155. The zero-order valence-corrected chi connectivity index (χ0v) is 24.0. The van der Waals surface area contributed by atoms with Gasteiger partial charge in [0.15, 0.2) is 0 Å². The first-order valence-corrected chi connectivity index (χ1v) is 14.3. The fraction of sp³-hybridized carbons (Fsp3) is 0.500. The first-order chi connectivity index (χ1) is 18.4. The first-order valence-electron chi connectivity index (χ1n) is 13.3. The van der Waals surface area contributed by atoms with Crippen molar-refractivity contribution in [3.05, 3.63) is 59.7 Å². The number of aliphatic carboxylic acids is 1. The number of nitrogens with one attached hydrogen (secondary N) is 1. The molecule has 210 valence electrons. The van der Waals surface area contributed by atoms with Crippen molar-refractivity contribution < 1.29 is 29.0 Å². The molecule has 0 saturated carbocycles. The molecule has 0 spiro atoms. The molecule has 0 unspecified atom stereocenters. The van der Waals surface area contributed by atoms with Crippen LogP contribution in [0.1, 0.15) is 64.5 Å². The molecule has 0 radical (unpaired) electrons. The Morgan fingerprint density at radius 3 is 2.23 bits per heavy atom. The van der Waals surface area contributed by atoms with Gasteiger partial charge in [0.1, 0.15) is 18.2 Å². The number of alkyl carbamates (subject to hydrolysis) is 1. The minimum absolute atomic E-state index is 0.0753. The normalized spacial score (nSPS) is 19.2. The van der Waals surface area contributed by atoms with Gasteiger partial charge >= 0.3 is 18.0 Å². The molecule has 1 aliphatic heterocycles. The average molecular weight is 555 g/mol. The van der Waals surface area contributed by atoms with Crippen molar-refractivity contribution in [2.75, 3.05) is 18.9 Å². The number of ether oxygens (including phenoxy) is 2. The number of carbonyl (C=O) groups is 3. The van der Waals surface area contributed by atoms with Crippen LogP contribution in [-0.4, -0.2) is 69.5 Å². The summed E-state index contributed by atoms with van der Waals surface area (Å²) >= 11 is 1.56. The summed E-state index contributed by atoms with van der Waals surface area (Å²) in [5.41, 5.74) is 3.91. The minimum atomic E-state index is -0.903. The number of rotatable bonds is 9. The summed E-state index contributed by atoms with van der Waals surface area (Å²) in [4.78, 5) is 38.9. The maximum Gasteiger partial charge on any atom is 0.407 e. The molecular weight excluding hydrogens is 516 g/mol. The highest BCUT2D eigenvalue weighted by atomic mass is 32.2. The summed E-state index contributed by atoms with van der Waals surface area (Å²) in [6.07, 6.45) is -0.212. The number of amides is 1. The molecule has 2 aromatic carbocycles. The van der Waals surface area contributed by atoms with Crippen LogP contribution in [0.5, 0.6) is 0 Å². The highest BCUT2D eigenvalue weighted by Gasteiger charge is 2.44. The van der Waals surface area contributed by atoms with Gasteiger partial charge in [0.05, 0.1) is 4.87 Å². The van der Waals surface area contributed by atoms with Crippen LogP contribution in [0, 0.1) is 0 Å². The summed E-state index contributed by atoms with van der Waals surface area (Å²) in [5.74, 6) is -0.896. The van der Waals surface area contributed by atoms with Crippen molar-refractivity contribution in [2.45, 2.75) is 75.9 Å². The Balaban J connectivity index is 1.45. The number of carboxylic acids is 1. The predicted octanol–water partition coefficient (Wildman–Crippen LogP) is 5.25. The number of nitrogens with zero attached hydrogens (tertiary/aromatic N) is 1. The molecule has 1 fully saturated rings. The number of benzene rings is 2. The van der Waals surface area contributed by atoms with E-state index in [9.17, 15) is 19.5 Å². The Morgan fingerprint density at radius 1 is 1.08 bits per heavy atom. The second-order valence-electron chi connectivity index (χ2n) is 11.6. The lowest BCUT2D eigenvalue weighted by atomic mass is 9.98. The van der Waals surface area contributed by atoms with Crippen molar-refractivity contribution in [1.82, 2.24) is 10.2 Å². The van der Waals surface area contributed by atoms with Crippen molar-refractivity contribution in [3.63, 3.8) is 0 Å². The van der Waals surface area contributed by atoms with E-state index in [1.54, 1.807) is 32.5 Å². The van der Waals surface area contributed by atoms with E-state index in [0.717, 1.165) is 22.3 Å². The van der Waals surface area contributed by atoms with Crippen LogP contribution in [0.3, 0.4) is 0 Å². The van der Waals surface area contributed by atoms with Gasteiger partial charge in [0.2, 0.25) is 0 Å². The number of carbonyl (C=O) groups excluding carboxylic acids is 2. The van der Waals surface area contributed by atoms with Crippen molar-refractivity contribution in [3.8, 4) is 11.1 Å². The molecule has 4 rings (SSSR count). The van der Waals surface area contributed by atoms with Crippen LogP contribution in [-0.2, 0) is 19.1 Å². The van der Waals surface area contributed by atoms with Gasteiger partial charge in [-0.2, -0.15) is 0 Å². The number of carboxylic acid groups (broad SMARTS) is 1. The van der Waals surface area contributed by atoms with Gasteiger partial charge < -0.3 is 19.9 Å². The van der Waals surface area contributed by atoms with Crippen molar-refractivity contribution >= 4 is 29.8 Å². The number of esters is 1. The predicted molar refractivity (Wildman–Crippen MR) is 152 cm³/mol. The topological polar surface area (TPSA) is 105 Å². The Morgan fingerprint density at radius 2 is 1.67 bits per heavy atom. The molecule has 1 aliphatic carbocycles. The largest absolute Gasteiger partial charge is 0.480 e. The third-order valence-electron chi connectivity index (χ3n) is 7.15. The fourth-order valence-corrected chi connectivity index (χ4v) is 6.58. The summed E-state index contributed by atoms with van der Waals surface area (Å²) in [5, 5.41) is 12.7. The van der Waals surface area contributed by atoms with Crippen molar-refractivity contribution in [2.24, 2.45) is 0 Å². The van der Waals surface area contributed by atoms with Gasteiger partial charge in [0.25, 0.3) is 0 Å². The maximum absolute atomic E-state index is 13.1. The second-order valence-corrected chi connectivity index (χ2v) is 13.2. The lowest BCUT2D eigenvalue weighted by Gasteiger charge is -2.36. The lowest BCUT2D eigenvalue weighted by Crippen LogP contribution is -2.53. The molecule has 1 saturated heterocycles. The zero-order chi connectivity index (χ0) is 28.4. The van der Waals surface area contributed by atoms with Gasteiger partial charge in [-0.05, 0) is 63.3 Å². The highest BCUT2D eigenvalue weighted by Crippen LogP contribution is 2.44. The monoisotopic (exact) mass is 554 g/mol. The van der Waals surface area contributed by atoms with Crippen LogP contribution < -0.4 is 5.32 Å². The van der Waals surface area contributed by atoms with E-state index < -0.39 is 34.6 Å². The standard InChI is InChI=1S/C30H38N2O6S/c1-29(2,3)38-26(33)15-14-19(16-32-25(27(34)35)18-39-30(32,4)5)31-28(36)37-17-24-22-12-8-6-10-20(22)21-11-7-9-13-23(21)24/h6-13,19,24-25H,14-18H2,1-5H3,(H,31,36)(H,34,35)/t19-,25-/m0/s1. The van der Waals surface area contributed by atoms with Crippen LogP contribution in [0.4, 0.5) is 4.79 Å². The van der Waals surface area contributed by atoms with Crippen LogP contribution in [0.25, 0.3) is 11.1 Å². The first kappa shape index (κ1) is 29.0. The minimum Gasteiger partial charge on any atom is -0.480 e. The molecule has 0 aromatic heterocycles. The van der Waals surface area contributed by atoms with E-state index >= 15 is 0 Å².